The summed E-state index contributed by atoms with van der Waals surface area (Å²) < 4.78 is 23.7. The number of likely N-dealkylation sites (N-methyl/N-ethyl adjacent to an activating group) is 2. The van der Waals surface area contributed by atoms with Crippen molar-refractivity contribution < 1.29 is 34.3 Å². The van der Waals surface area contributed by atoms with Gasteiger partial charge in [0.15, 0.2) is 12.6 Å². The average molecular weight is 478 g/mol. The lowest BCUT2D eigenvalue weighted by atomic mass is 9.84. The van der Waals surface area contributed by atoms with Crippen LogP contribution in [0.1, 0.15) is 33.1 Å². The maximum absolute atomic E-state index is 11.1. The third-order valence-corrected chi connectivity index (χ3v) is 7.24. The number of aliphatic hydroxyl groups is 3. The maximum atomic E-state index is 11.1. The van der Waals surface area contributed by atoms with Crippen molar-refractivity contribution in [3.05, 3.63) is 0 Å². The van der Waals surface area contributed by atoms with Crippen LogP contribution in [0, 0.1) is 0 Å². The summed E-state index contributed by atoms with van der Waals surface area (Å²) in [6.07, 6.45) is -4.22. The topological polar surface area (TPSA) is 200 Å². The van der Waals surface area contributed by atoms with Crippen LogP contribution >= 0.6 is 0 Å². The fraction of sp³-hybridized carbons (Fsp3) is 1.00. The van der Waals surface area contributed by atoms with Crippen molar-refractivity contribution >= 4 is 0 Å². The Bertz CT molecular complexity index is 632. The van der Waals surface area contributed by atoms with E-state index in [1.807, 2.05) is 14.0 Å². The van der Waals surface area contributed by atoms with Crippen molar-refractivity contribution in [3.63, 3.8) is 0 Å². The Labute approximate surface area is 195 Å². The summed E-state index contributed by atoms with van der Waals surface area (Å²) in [6, 6.07) is -2.11. The standard InChI is InChI=1S/C21H43N5O7/c1-9(25-3)13-6-5-10(22)19(31-13)32-16-11(23)7-12(24)17(14(16)27)33-20-15(28)18(26-4)21(2,29)8-30-20/h9-20,25-29H,5-8,22-24H2,1-4H3/t9-,10?,11?,12?,13?,14?,15?,16?,17?,18?,19?,20?,21?/m1/s1. The molecular formula is C21H43N5O7. The highest BCUT2D eigenvalue weighted by atomic mass is 16.7. The van der Waals surface area contributed by atoms with Gasteiger partial charge in [0.2, 0.25) is 0 Å². The molecule has 0 spiro atoms. The van der Waals surface area contributed by atoms with Gasteiger partial charge in [-0.1, -0.05) is 0 Å². The van der Waals surface area contributed by atoms with Crippen molar-refractivity contribution in [2.45, 2.75) is 112 Å². The van der Waals surface area contributed by atoms with Crippen molar-refractivity contribution in [1.29, 1.82) is 0 Å². The summed E-state index contributed by atoms with van der Waals surface area (Å²) in [6.45, 7) is 3.52. The molecule has 0 aromatic carbocycles. The minimum absolute atomic E-state index is 0.0620. The highest BCUT2D eigenvalue weighted by Gasteiger charge is 2.50. The van der Waals surface area contributed by atoms with Gasteiger partial charge in [-0.05, 0) is 47.2 Å². The Kier molecular flexibility index (Phi) is 9.09. The van der Waals surface area contributed by atoms with Crippen LogP contribution in [0.2, 0.25) is 0 Å². The molecule has 0 amide bonds. The average Bonchev–Trinajstić information content (AvgIpc) is 2.76. The van der Waals surface area contributed by atoms with Crippen molar-refractivity contribution in [2.75, 3.05) is 20.7 Å². The number of hydrogen-bond acceptors (Lipinski definition) is 12. The lowest BCUT2D eigenvalue weighted by Gasteiger charge is -2.48. The number of ether oxygens (including phenoxy) is 4. The van der Waals surface area contributed by atoms with Crippen LogP contribution < -0.4 is 27.8 Å². The number of hydrogen-bond donors (Lipinski definition) is 8. The molecule has 3 fully saturated rings. The van der Waals surface area contributed by atoms with Crippen LogP contribution in [-0.2, 0) is 18.9 Å². The Balaban J connectivity index is 1.68. The van der Waals surface area contributed by atoms with Crippen LogP contribution in [0.3, 0.4) is 0 Å². The highest BCUT2D eigenvalue weighted by molar-refractivity contribution is 5.02. The van der Waals surface area contributed by atoms with E-state index in [0.29, 0.717) is 12.8 Å². The molecule has 3 aliphatic rings. The van der Waals surface area contributed by atoms with Crippen LogP contribution in [0.4, 0.5) is 0 Å². The minimum atomic E-state index is -1.29. The van der Waals surface area contributed by atoms with Gasteiger partial charge < -0.3 is 62.1 Å². The quantitative estimate of drug-likeness (QED) is 0.182. The van der Waals surface area contributed by atoms with E-state index in [4.69, 9.17) is 36.1 Å². The zero-order valence-electron chi connectivity index (χ0n) is 20.0. The lowest BCUT2D eigenvalue weighted by molar-refractivity contribution is -0.307. The molecule has 3 rings (SSSR count). The summed E-state index contributed by atoms with van der Waals surface area (Å²) in [7, 11) is 3.49. The van der Waals surface area contributed by atoms with Crippen molar-refractivity contribution in [3.8, 4) is 0 Å². The summed E-state index contributed by atoms with van der Waals surface area (Å²) in [5.74, 6) is 0. The van der Waals surface area contributed by atoms with E-state index in [-0.39, 0.29) is 24.8 Å². The molecule has 11 N–H and O–H groups in total. The van der Waals surface area contributed by atoms with E-state index in [9.17, 15) is 15.3 Å². The molecule has 0 bridgehead atoms. The largest absolute Gasteiger partial charge is 0.388 e. The molecule has 12 unspecified atom stereocenters. The first kappa shape index (κ1) is 27.1. The molecule has 0 radical (unpaired) electrons. The normalized spacial score (nSPS) is 50.2. The summed E-state index contributed by atoms with van der Waals surface area (Å²) in [4.78, 5) is 0. The molecule has 194 valence electrons. The minimum Gasteiger partial charge on any atom is -0.388 e. The third-order valence-electron chi connectivity index (χ3n) is 7.24. The molecule has 12 heteroatoms. The molecule has 2 saturated heterocycles. The summed E-state index contributed by atoms with van der Waals surface area (Å²) in [5, 5.41) is 38.3. The first-order chi connectivity index (χ1) is 15.5. The van der Waals surface area contributed by atoms with Crippen LogP contribution in [0.15, 0.2) is 0 Å². The molecule has 12 nitrogen and oxygen atoms in total. The second-order valence-corrected chi connectivity index (χ2v) is 9.91. The van der Waals surface area contributed by atoms with Gasteiger partial charge in [-0.15, -0.1) is 0 Å². The number of nitrogens with one attached hydrogen (secondary N) is 2. The van der Waals surface area contributed by atoms with E-state index in [2.05, 4.69) is 10.6 Å². The Hall–Kier alpha value is -0.480. The fourth-order valence-electron chi connectivity index (χ4n) is 5.04. The molecule has 33 heavy (non-hydrogen) atoms. The Morgan fingerprint density at radius 3 is 2.15 bits per heavy atom. The fourth-order valence-corrected chi connectivity index (χ4v) is 5.04. The van der Waals surface area contributed by atoms with Gasteiger partial charge in [-0.2, -0.15) is 0 Å². The predicted molar refractivity (Wildman–Crippen MR) is 120 cm³/mol. The summed E-state index contributed by atoms with van der Waals surface area (Å²) in [5.41, 5.74) is 17.5. The highest BCUT2D eigenvalue weighted by Crippen LogP contribution is 2.31. The zero-order chi connectivity index (χ0) is 24.5. The van der Waals surface area contributed by atoms with E-state index in [0.717, 1.165) is 6.42 Å². The molecule has 1 saturated carbocycles. The summed E-state index contributed by atoms with van der Waals surface area (Å²) >= 11 is 0. The molecule has 1 aliphatic carbocycles. The number of aliphatic hydroxyl groups excluding tert-OH is 2. The van der Waals surface area contributed by atoms with E-state index >= 15 is 0 Å². The van der Waals surface area contributed by atoms with Crippen molar-refractivity contribution in [1.82, 2.24) is 10.6 Å². The SMILES string of the molecule is CNC1C(O)C(OC2C(N)CC(N)C(OC3OC([C@@H](C)NC)CCC3N)C2O)OCC1(C)O. The van der Waals surface area contributed by atoms with Gasteiger partial charge in [0.1, 0.15) is 30.0 Å². The maximum Gasteiger partial charge on any atom is 0.185 e. The first-order valence-corrected chi connectivity index (χ1v) is 11.8. The molecule has 0 aromatic heterocycles. The lowest BCUT2D eigenvalue weighted by Crippen LogP contribution is -2.68. The molecule has 2 heterocycles. The van der Waals surface area contributed by atoms with Gasteiger partial charge in [0.05, 0.1) is 24.8 Å². The Morgan fingerprint density at radius 1 is 0.970 bits per heavy atom. The zero-order valence-corrected chi connectivity index (χ0v) is 20.0. The van der Waals surface area contributed by atoms with Gasteiger partial charge in [-0.25, -0.2) is 0 Å². The van der Waals surface area contributed by atoms with Gasteiger partial charge in [0.25, 0.3) is 0 Å². The predicted octanol–water partition coefficient (Wildman–Crippen LogP) is -3.33. The Morgan fingerprint density at radius 2 is 1.58 bits per heavy atom. The monoisotopic (exact) mass is 477 g/mol. The van der Waals surface area contributed by atoms with Crippen LogP contribution in [0.5, 0.6) is 0 Å². The number of rotatable bonds is 7. The van der Waals surface area contributed by atoms with E-state index < -0.39 is 60.7 Å². The second-order valence-electron chi connectivity index (χ2n) is 9.91. The van der Waals surface area contributed by atoms with Gasteiger partial charge in [0, 0.05) is 18.1 Å². The van der Waals surface area contributed by atoms with Crippen LogP contribution in [0.25, 0.3) is 0 Å². The molecular weight excluding hydrogens is 434 g/mol. The molecule has 2 aliphatic heterocycles. The molecule has 13 atom stereocenters. The third kappa shape index (κ3) is 5.85. The van der Waals surface area contributed by atoms with E-state index in [1.165, 1.54) is 0 Å². The first-order valence-electron chi connectivity index (χ1n) is 11.8. The smallest absolute Gasteiger partial charge is 0.185 e. The van der Waals surface area contributed by atoms with Gasteiger partial charge in [-0.3, -0.25) is 0 Å². The number of nitrogens with two attached hydrogens (primary N) is 3. The molecule has 0 aromatic rings. The van der Waals surface area contributed by atoms with E-state index in [1.54, 1.807) is 14.0 Å². The van der Waals surface area contributed by atoms with Crippen LogP contribution in [-0.4, -0.2) is 115 Å². The second kappa shape index (κ2) is 11.1. The van der Waals surface area contributed by atoms with Gasteiger partial charge >= 0.3 is 0 Å². The van der Waals surface area contributed by atoms with Crippen molar-refractivity contribution in [2.24, 2.45) is 17.2 Å².